The van der Waals surface area contributed by atoms with Crippen LogP contribution in [0.15, 0.2) is 0 Å². The van der Waals surface area contributed by atoms with Gasteiger partial charge in [0.15, 0.2) is 0 Å². The Balaban J connectivity index is 2.35. The number of hydrogen-bond donors (Lipinski definition) is 1. The van der Waals surface area contributed by atoms with Gasteiger partial charge in [-0.3, -0.25) is 4.79 Å². The zero-order valence-corrected chi connectivity index (χ0v) is 10.9. The first-order chi connectivity index (χ1) is 8.43. The molecule has 0 radical (unpaired) electrons. The van der Waals surface area contributed by atoms with Gasteiger partial charge in [0.05, 0.1) is 19.1 Å². The maximum Gasteiger partial charge on any atom is 0.508 e. The quantitative estimate of drug-likeness (QED) is 0.749. The van der Waals surface area contributed by atoms with Gasteiger partial charge in [-0.05, 0) is 26.7 Å². The highest BCUT2D eigenvalue weighted by Gasteiger charge is 2.29. The number of hydrogen-bond acceptors (Lipinski definition) is 6. The molecule has 0 spiro atoms. The van der Waals surface area contributed by atoms with Gasteiger partial charge in [0, 0.05) is 6.42 Å². The van der Waals surface area contributed by atoms with Gasteiger partial charge < -0.3 is 19.3 Å². The Morgan fingerprint density at radius 2 is 2.22 bits per heavy atom. The fraction of sp³-hybridized carbons (Fsp3) is 0.833. The van der Waals surface area contributed by atoms with Crippen LogP contribution in [0, 0.1) is 5.92 Å². The van der Waals surface area contributed by atoms with E-state index < -0.39 is 24.1 Å². The normalized spacial score (nSPS) is 26.8. The highest BCUT2D eigenvalue weighted by molar-refractivity contribution is 5.72. The van der Waals surface area contributed by atoms with Crippen LogP contribution in [0.1, 0.15) is 33.1 Å². The number of aliphatic hydroxyl groups is 1. The monoisotopic (exact) mass is 260 g/mol. The van der Waals surface area contributed by atoms with Crippen LogP contribution in [0.4, 0.5) is 4.79 Å². The summed E-state index contributed by atoms with van der Waals surface area (Å²) < 4.78 is 14.4. The highest BCUT2D eigenvalue weighted by atomic mass is 16.7. The van der Waals surface area contributed by atoms with Gasteiger partial charge in [0.25, 0.3) is 0 Å². The predicted octanol–water partition coefficient (Wildman–Crippen LogP) is 1.25. The minimum absolute atomic E-state index is 0.175. The first kappa shape index (κ1) is 14.8. The van der Waals surface area contributed by atoms with Crippen LogP contribution in [0.5, 0.6) is 0 Å². The van der Waals surface area contributed by atoms with Crippen LogP contribution >= 0.6 is 0 Å². The summed E-state index contributed by atoms with van der Waals surface area (Å²) >= 11 is 0. The number of carbonyl (C=O) groups excluding carboxylic acids is 2. The molecule has 1 saturated heterocycles. The molecule has 0 aromatic rings. The third-order valence-corrected chi connectivity index (χ3v) is 3.09. The van der Waals surface area contributed by atoms with Crippen molar-refractivity contribution in [2.75, 3.05) is 7.11 Å². The van der Waals surface area contributed by atoms with Crippen molar-refractivity contribution in [3.8, 4) is 0 Å². The number of esters is 1. The third-order valence-electron chi connectivity index (χ3n) is 3.09. The van der Waals surface area contributed by atoms with Gasteiger partial charge in [-0.2, -0.15) is 0 Å². The number of carbonyl (C=O) groups is 2. The van der Waals surface area contributed by atoms with Gasteiger partial charge >= 0.3 is 12.1 Å². The molecule has 1 N–H and O–H groups in total. The largest absolute Gasteiger partial charge is 0.508 e. The summed E-state index contributed by atoms with van der Waals surface area (Å²) in [5.74, 6) is -1.03. The lowest BCUT2D eigenvalue weighted by molar-refractivity contribution is -0.149. The van der Waals surface area contributed by atoms with Crippen LogP contribution < -0.4 is 0 Å². The van der Waals surface area contributed by atoms with Gasteiger partial charge in [-0.15, -0.1) is 0 Å². The Labute approximate surface area is 106 Å². The maximum atomic E-state index is 11.2. The molecule has 0 aromatic heterocycles. The van der Waals surface area contributed by atoms with Crippen molar-refractivity contribution in [2.24, 2.45) is 5.92 Å². The van der Waals surface area contributed by atoms with Crippen molar-refractivity contribution in [1.29, 1.82) is 0 Å². The van der Waals surface area contributed by atoms with E-state index in [0.29, 0.717) is 19.3 Å². The van der Waals surface area contributed by atoms with E-state index in [9.17, 15) is 14.7 Å². The summed E-state index contributed by atoms with van der Waals surface area (Å²) in [6.45, 7) is 3.40. The Morgan fingerprint density at radius 3 is 2.78 bits per heavy atom. The topological polar surface area (TPSA) is 82.1 Å². The van der Waals surface area contributed by atoms with Crippen molar-refractivity contribution in [1.82, 2.24) is 0 Å². The summed E-state index contributed by atoms with van der Waals surface area (Å²) in [7, 11) is 1.29. The van der Waals surface area contributed by atoms with E-state index in [-0.39, 0.29) is 12.2 Å². The second kappa shape index (κ2) is 6.58. The maximum absolute atomic E-state index is 11.2. The molecule has 1 aliphatic heterocycles. The number of aliphatic hydroxyl groups excluding tert-OH is 1. The van der Waals surface area contributed by atoms with E-state index in [1.807, 2.05) is 0 Å². The second-order valence-corrected chi connectivity index (χ2v) is 4.61. The molecule has 1 fully saturated rings. The SMILES string of the molecule is COC(=O)[C@H](C)[C@H](O)CC[C@H]1C[C@@H](C)OC(=O)O1. The molecule has 4 atom stereocenters. The van der Waals surface area contributed by atoms with E-state index in [1.54, 1.807) is 13.8 Å². The van der Waals surface area contributed by atoms with Crippen molar-refractivity contribution in [3.05, 3.63) is 0 Å². The zero-order valence-electron chi connectivity index (χ0n) is 10.9. The smallest absolute Gasteiger partial charge is 0.469 e. The van der Waals surface area contributed by atoms with Gasteiger partial charge in [-0.1, -0.05) is 0 Å². The van der Waals surface area contributed by atoms with E-state index in [2.05, 4.69) is 4.74 Å². The molecule has 1 heterocycles. The van der Waals surface area contributed by atoms with Crippen molar-refractivity contribution in [3.63, 3.8) is 0 Å². The minimum atomic E-state index is -0.797. The lowest BCUT2D eigenvalue weighted by Gasteiger charge is -2.27. The zero-order chi connectivity index (χ0) is 13.7. The molecule has 0 saturated carbocycles. The molecule has 0 aromatic carbocycles. The number of rotatable bonds is 5. The van der Waals surface area contributed by atoms with Crippen LogP contribution in [0.3, 0.4) is 0 Å². The molecule has 0 unspecified atom stereocenters. The molecule has 0 amide bonds. The molecule has 104 valence electrons. The van der Waals surface area contributed by atoms with Crippen LogP contribution in [0.25, 0.3) is 0 Å². The van der Waals surface area contributed by atoms with E-state index >= 15 is 0 Å². The summed E-state index contributed by atoms with van der Waals surface area (Å²) in [6, 6.07) is 0. The summed E-state index contributed by atoms with van der Waals surface area (Å²) in [4.78, 5) is 22.3. The number of methoxy groups -OCH3 is 1. The third kappa shape index (κ3) is 4.18. The Kier molecular flexibility index (Phi) is 5.40. The summed E-state index contributed by atoms with van der Waals surface area (Å²) in [5.41, 5.74) is 0. The first-order valence-corrected chi connectivity index (χ1v) is 6.07. The minimum Gasteiger partial charge on any atom is -0.469 e. The van der Waals surface area contributed by atoms with E-state index in [0.717, 1.165) is 0 Å². The van der Waals surface area contributed by atoms with E-state index in [1.165, 1.54) is 7.11 Å². The van der Waals surface area contributed by atoms with E-state index in [4.69, 9.17) is 9.47 Å². The highest BCUT2D eigenvalue weighted by Crippen LogP contribution is 2.21. The van der Waals surface area contributed by atoms with Gasteiger partial charge in [0.2, 0.25) is 0 Å². The molecule has 6 nitrogen and oxygen atoms in total. The molecular formula is C12H20O6. The fourth-order valence-electron chi connectivity index (χ4n) is 1.92. The molecule has 0 bridgehead atoms. The molecule has 6 heteroatoms. The Hall–Kier alpha value is -1.30. The predicted molar refractivity (Wildman–Crippen MR) is 61.9 cm³/mol. The summed E-state index contributed by atoms with van der Waals surface area (Å²) in [5, 5.41) is 9.81. The first-order valence-electron chi connectivity index (χ1n) is 6.07. The fourth-order valence-corrected chi connectivity index (χ4v) is 1.92. The number of cyclic esters (lactones) is 2. The lowest BCUT2D eigenvalue weighted by atomic mass is 9.97. The van der Waals surface area contributed by atoms with Crippen LogP contribution in [0.2, 0.25) is 0 Å². The summed E-state index contributed by atoms with van der Waals surface area (Å²) in [6.07, 6.45) is -0.427. The second-order valence-electron chi connectivity index (χ2n) is 4.61. The molecule has 1 aliphatic rings. The number of ether oxygens (including phenoxy) is 3. The Bertz CT molecular complexity index is 303. The van der Waals surface area contributed by atoms with Crippen molar-refractivity contribution >= 4 is 12.1 Å². The average Bonchev–Trinajstić information content (AvgIpc) is 2.32. The molecule has 1 rings (SSSR count). The van der Waals surface area contributed by atoms with Crippen molar-refractivity contribution < 1.29 is 28.9 Å². The Morgan fingerprint density at radius 1 is 1.56 bits per heavy atom. The lowest BCUT2D eigenvalue weighted by Crippen LogP contribution is -2.34. The van der Waals surface area contributed by atoms with Crippen LogP contribution in [-0.4, -0.2) is 42.7 Å². The molecular weight excluding hydrogens is 240 g/mol. The standard InChI is InChI=1S/C12H20O6/c1-7-6-9(18-12(15)17-7)4-5-10(13)8(2)11(14)16-3/h7-10,13H,4-6H2,1-3H3/t7-,8-,9+,10-/m1/s1. The van der Waals surface area contributed by atoms with Crippen LogP contribution in [-0.2, 0) is 19.0 Å². The van der Waals surface area contributed by atoms with Crippen molar-refractivity contribution in [2.45, 2.75) is 51.4 Å². The van der Waals surface area contributed by atoms with Gasteiger partial charge in [0.1, 0.15) is 12.2 Å². The molecule has 18 heavy (non-hydrogen) atoms. The molecule has 0 aliphatic carbocycles. The van der Waals surface area contributed by atoms with Gasteiger partial charge in [-0.25, -0.2) is 4.79 Å². The average molecular weight is 260 g/mol.